The first-order valence-corrected chi connectivity index (χ1v) is 5.68. The molecule has 0 amide bonds. The smallest absolute Gasteiger partial charge is 0.104 e. The lowest BCUT2D eigenvalue weighted by atomic mass is 10.2. The zero-order valence-corrected chi connectivity index (χ0v) is 9.38. The minimum atomic E-state index is -1.11. The number of fused-ring (bicyclic) bond motifs is 3. The average molecular weight is 230 g/mol. The van der Waals surface area contributed by atoms with E-state index >= 15 is 0 Å². The van der Waals surface area contributed by atoms with Crippen LogP contribution < -0.4 is 5.11 Å². The van der Waals surface area contributed by atoms with Crippen LogP contribution in [0.15, 0.2) is 30.3 Å². The summed E-state index contributed by atoms with van der Waals surface area (Å²) in [6.07, 6.45) is 0. The third kappa shape index (κ3) is 1.10. The minimum Gasteiger partial charge on any atom is -0.544 e. The fourth-order valence-electron chi connectivity index (χ4n) is 2.03. The van der Waals surface area contributed by atoms with Gasteiger partial charge in [-0.15, -0.1) is 11.3 Å². The van der Waals surface area contributed by atoms with Gasteiger partial charge in [-0.2, -0.15) is 0 Å². The normalized spacial score (nSPS) is 11.3. The van der Waals surface area contributed by atoms with E-state index in [1.165, 1.54) is 11.3 Å². The summed E-state index contributed by atoms with van der Waals surface area (Å²) in [7, 11) is 1.94. The van der Waals surface area contributed by atoms with Crippen molar-refractivity contribution in [2.45, 2.75) is 0 Å². The van der Waals surface area contributed by atoms with E-state index in [0.717, 1.165) is 21.1 Å². The monoisotopic (exact) mass is 230 g/mol. The molecule has 0 spiro atoms. The molecule has 2 heterocycles. The Morgan fingerprint density at radius 1 is 1.31 bits per heavy atom. The first kappa shape index (κ1) is 9.42. The Morgan fingerprint density at radius 3 is 2.81 bits per heavy atom. The lowest BCUT2D eigenvalue weighted by Crippen LogP contribution is -2.20. The second-order valence-electron chi connectivity index (χ2n) is 3.69. The Bertz CT molecular complexity index is 708. The van der Waals surface area contributed by atoms with Crippen LogP contribution in [0.3, 0.4) is 0 Å². The lowest BCUT2D eigenvalue weighted by molar-refractivity contribution is -0.254. The van der Waals surface area contributed by atoms with Crippen LogP contribution in [0.2, 0.25) is 0 Å². The van der Waals surface area contributed by atoms with E-state index in [0.29, 0.717) is 0 Å². The fraction of sp³-hybridized carbons (Fsp3) is 0.0833. The maximum Gasteiger partial charge on any atom is 0.104 e. The number of carbonyl (C=O) groups is 1. The molecule has 0 N–H and O–H groups in total. The molecule has 0 fully saturated rings. The molecule has 3 aromatic rings. The van der Waals surface area contributed by atoms with E-state index in [1.54, 1.807) is 6.07 Å². The first-order chi connectivity index (χ1) is 7.68. The third-order valence-corrected chi connectivity index (χ3v) is 3.97. The maximum absolute atomic E-state index is 10.8. The van der Waals surface area contributed by atoms with E-state index < -0.39 is 5.97 Å². The summed E-state index contributed by atoms with van der Waals surface area (Å²) >= 11 is 1.26. The Labute approximate surface area is 95.5 Å². The van der Waals surface area contributed by atoms with Gasteiger partial charge in [0.15, 0.2) is 0 Å². The van der Waals surface area contributed by atoms with Crippen molar-refractivity contribution in [3.63, 3.8) is 0 Å². The van der Waals surface area contributed by atoms with Crippen LogP contribution in [-0.2, 0) is 7.05 Å². The van der Waals surface area contributed by atoms with E-state index in [-0.39, 0.29) is 4.88 Å². The van der Waals surface area contributed by atoms with Gasteiger partial charge >= 0.3 is 0 Å². The Balaban J connectivity index is 2.49. The number of aromatic carboxylic acids is 1. The molecule has 0 aliphatic carbocycles. The molecule has 0 aliphatic heterocycles. The highest BCUT2D eigenvalue weighted by molar-refractivity contribution is 7.20. The number of benzene rings is 1. The number of thiophene rings is 1. The van der Waals surface area contributed by atoms with Gasteiger partial charge in [-0.05, 0) is 12.1 Å². The molecular weight excluding hydrogens is 222 g/mol. The number of carboxylic acids is 1. The van der Waals surface area contributed by atoms with Crippen LogP contribution in [0, 0.1) is 0 Å². The van der Waals surface area contributed by atoms with Crippen LogP contribution in [-0.4, -0.2) is 10.5 Å². The summed E-state index contributed by atoms with van der Waals surface area (Å²) in [4.78, 5) is 12.1. The highest BCUT2D eigenvalue weighted by Crippen LogP contribution is 2.33. The van der Waals surface area contributed by atoms with E-state index in [9.17, 15) is 9.90 Å². The van der Waals surface area contributed by atoms with E-state index in [4.69, 9.17) is 0 Å². The molecule has 16 heavy (non-hydrogen) atoms. The van der Waals surface area contributed by atoms with Crippen LogP contribution >= 0.6 is 11.3 Å². The van der Waals surface area contributed by atoms with Gasteiger partial charge in [0.05, 0.1) is 10.8 Å². The number of rotatable bonds is 1. The van der Waals surface area contributed by atoms with Crippen LogP contribution in [0.1, 0.15) is 9.67 Å². The van der Waals surface area contributed by atoms with Crippen molar-refractivity contribution < 1.29 is 9.90 Å². The standard InChI is InChI=1S/C12H9NO2S/c1-13-9-5-3-2-4-7(9)8-6-10(12(14)15)16-11(8)13/h2-6H,1H3,(H,14,15)/p-1. The van der Waals surface area contributed by atoms with Crippen LogP contribution in [0.25, 0.3) is 21.1 Å². The molecule has 2 aromatic heterocycles. The van der Waals surface area contributed by atoms with Crippen molar-refractivity contribution in [1.82, 2.24) is 4.57 Å². The number of aromatic nitrogens is 1. The summed E-state index contributed by atoms with van der Waals surface area (Å²) in [5.74, 6) is -1.11. The zero-order valence-electron chi connectivity index (χ0n) is 8.56. The Kier molecular flexibility index (Phi) is 1.82. The van der Waals surface area contributed by atoms with Gasteiger partial charge in [0.1, 0.15) is 4.83 Å². The van der Waals surface area contributed by atoms with Gasteiger partial charge in [-0.3, -0.25) is 0 Å². The number of hydrogen-bond acceptors (Lipinski definition) is 3. The average Bonchev–Trinajstić information content (AvgIpc) is 2.81. The third-order valence-electron chi connectivity index (χ3n) is 2.77. The number of para-hydroxylation sites is 1. The lowest BCUT2D eigenvalue weighted by Gasteiger charge is -1.97. The highest BCUT2D eigenvalue weighted by Gasteiger charge is 2.11. The fourth-order valence-corrected chi connectivity index (χ4v) is 3.01. The summed E-state index contributed by atoms with van der Waals surface area (Å²) in [6.45, 7) is 0. The van der Waals surface area contributed by atoms with Crippen molar-refractivity contribution in [3.05, 3.63) is 35.2 Å². The molecule has 4 heteroatoms. The molecule has 0 atom stereocenters. The van der Waals surface area contributed by atoms with Gasteiger partial charge < -0.3 is 14.5 Å². The molecule has 0 unspecified atom stereocenters. The summed E-state index contributed by atoms with van der Waals surface area (Å²) < 4.78 is 2.02. The number of carbonyl (C=O) groups excluding carboxylic acids is 1. The van der Waals surface area contributed by atoms with Crippen LogP contribution in [0.5, 0.6) is 0 Å². The van der Waals surface area contributed by atoms with Crippen molar-refractivity contribution in [1.29, 1.82) is 0 Å². The second kappa shape index (κ2) is 3.09. The molecule has 0 saturated carbocycles. The first-order valence-electron chi connectivity index (χ1n) is 4.87. The van der Waals surface area contributed by atoms with Gasteiger partial charge in [-0.25, -0.2) is 0 Å². The topological polar surface area (TPSA) is 45.1 Å². The molecule has 0 bridgehead atoms. The van der Waals surface area contributed by atoms with Crippen molar-refractivity contribution >= 4 is 38.4 Å². The summed E-state index contributed by atoms with van der Waals surface area (Å²) in [6, 6.07) is 9.66. The number of nitrogens with zero attached hydrogens (tertiary/aromatic N) is 1. The van der Waals surface area contributed by atoms with Gasteiger partial charge in [-0.1, -0.05) is 18.2 Å². The van der Waals surface area contributed by atoms with Gasteiger partial charge in [0.2, 0.25) is 0 Å². The van der Waals surface area contributed by atoms with Crippen molar-refractivity contribution in [2.75, 3.05) is 0 Å². The zero-order chi connectivity index (χ0) is 11.3. The predicted octanol–water partition coefficient (Wildman–Crippen LogP) is 1.76. The van der Waals surface area contributed by atoms with Crippen molar-refractivity contribution in [2.24, 2.45) is 7.05 Å². The number of hydrogen-bond donors (Lipinski definition) is 0. The van der Waals surface area contributed by atoms with Crippen LogP contribution in [0.4, 0.5) is 0 Å². The molecule has 3 nitrogen and oxygen atoms in total. The SMILES string of the molecule is Cn1c2ccccc2c2cc(C(=O)[O-])sc21. The summed E-state index contributed by atoms with van der Waals surface area (Å²) in [5.41, 5.74) is 1.12. The molecule has 3 rings (SSSR count). The Morgan fingerprint density at radius 2 is 2.06 bits per heavy atom. The Hall–Kier alpha value is -1.81. The van der Waals surface area contributed by atoms with E-state index in [2.05, 4.69) is 0 Å². The molecule has 0 saturated heterocycles. The molecule has 80 valence electrons. The van der Waals surface area contributed by atoms with Gasteiger partial charge in [0, 0.05) is 23.3 Å². The second-order valence-corrected chi connectivity index (χ2v) is 4.72. The molecular formula is C12H8NO2S-. The quantitative estimate of drug-likeness (QED) is 0.639. The maximum atomic E-state index is 10.8. The summed E-state index contributed by atoms with van der Waals surface area (Å²) in [5, 5.41) is 12.9. The van der Waals surface area contributed by atoms with Crippen molar-refractivity contribution in [3.8, 4) is 0 Å². The number of aryl methyl sites for hydroxylation is 1. The molecule has 0 radical (unpaired) electrons. The highest BCUT2D eigenvalue weighted by atomic mass is 32.1. The number of carboxylic acid groups (broad SMARTS) is 1. The predicted molar refractivity (Wildman–Crippen MR) is 62.6 cm³/mol. The molecule has 1 aromatic carbocycles. The largest absolute Gasteiger partial charge is 0.544 e. The molecule has 0 aliphatic rings. The van der Waals surface area contributed by atoms with Gasteiger partial charge in [0.25, 0.3) is 0 Å². The minimum absolute atomic E-state index is 0.284. The van der Waals surface area contributed by atoms with E-state index in [1.807, 2.05) is 35.9 Å².